The maximum Gasteiger partial charge on any atom is 0.262 e. The molecule has 2 N–H and O–H groups in total. The Balaban J connectivity index is 1.29. The molecule has 7 heteroatoms. The van der Waals surface area contributed by atoms with Crippen molar-refractivity contribution in [2.75, 3.05) is 23.8 Å². The van der Waals surface area contributed by atoms with Crippen LogP contribution in [0.3, 0.4) is 0 Å². The zero-order valence-electron chi connectivity index (χ0n) is 15.4. The maximum atomic E-state index is 12.1. The lowest BCUT2D eigenvalue weighted by Crippen LogP contribution is -2.25. The first-order valence-electron chi connectivity index (χ1n) is 8.98. The molecule has 0 bridgehead atoms. The molecule has 1 aliphatic rings. The molecule has 0 spiro atoms. The van der Waals surface area contributed by atoms with Crippen molar-refractivity contribution in [1.29, 1.82) is 0 Å². The number of para-hydroxylation sites is 1. The second-order valence-electron chi connectivity index (χ2n) is 6.27. The molecule has 0 aliphatic carbocycles. The average Bonchev–Trinajstić information content (AvgIpc) is 2.74. The van der Waals surface area contributed by atoms with Crippen LogP contribution >= 0.6 is 0 Å². The Morgan fingerprint density at radius 3 is 2.48 bits per heavy atom. The largest absolute Gasteiger partial charge is 0.484 e. The minimum absolute atomic E-state index is 0.00914. The molecule has 1 heterocycles. The number of carbonyl (C=O) groups is 2. The molecule has 0 saturated heterocycles. The van der Waals surface area contributed by atoms with Crippen molar-refractivity contribution in [3.05, 3.63) is 72.8 Å². The summed E-state index contributed by atoms with van der Waals surface area (Å²) < 4.78 is 16.5. The van der Waals surface area contributed by atoms with Crippen molar-refractivity contribution in [3.63, 3.8) is 0 Å². The molecule has 3 aromatic rings. The van der Waals surface area contributed by atoms with Gasteiger partial charge < -0.3 is 24.8 Å². The van der Waals surface area contributed by atoms with Crippen LogP contribution in [0.15, 0.2) is 72.8 Å². The topological polar surface area (TPSA) is 85.9 Å². The third kappa shape index (κ3) is 4.84. The number of anilines is 2. The fraction of sp³-hybridized carbons (Fsp3) is 0.0909. The van der Waals surface area contributed by atoms with E-state index in [0.29, 0.717) is 28.6 Å². The van der Waals surface area contributed by atoms with Gasteiger partial charge in [-0.1, -0.05) is 18.2 Å². The van der Waals surface area contributed by atoms with Crippen LogP contribution in [0.5, 0.6) is 23.0 Å². The van der Waals surface area contributed by atoms with Gasteiger partial charge in [-0.2, -0.15) is 0 Å². The van der Waals surface area contributed by atoms with Crippen LogP contribution in [-0.2, 0) is 9.59 Å². The highest BCUT2D eigenvalue weighted by molar-refractivity contribution is 5.95. The van der Waals surface area contributed by atoms with E-state index in [0.717, 1.165) is 5.75 Å². The molecule has 0 aromatic heterocycles. The zero-order valence-corrected chi connectivity index (χ0v) is 15.4. The Hall–Kier alpha value is -4.00. The van der Waals surface area contributed by atoms with Gasteiger partial charge >= 0.3 is 0 Å². The van der Waals surface area contributed by atoms with Crippen molar-refractivity contribution in [2.45, 2.75) is 0 Å². The van der Waals surface area contributed by atoms with Crippen LogP contribution in [0.4, 0.5) is 11.4 Å². The van der Waals surface area contributed by atoms with E-state index in [9.17, 15) is 9.59 Å². The van der Waals surface area contributed by atoms with Gasteiger partial charge in [0.05, 0.1) is 5.69 Å². The smallest absolute Gasteiger partial charge is 0.262 e. The summed E-state index contributed by atoms with van der Waals surface area (Å²) in [5.41, 5.74) is 1.15. The van der Waals surface area contributed by atoms with Crippen LogP contribution in [0.2, 0.25) is 0 Å². The van der Waals surface area contributed by atoms with E-state index in [2.05, 4.69) is 10.6 Å². The van der Waals surface area contributed by atoms with Crippen molar-refractivity contribution < 1.29 is 23.8 Å². The molecular formula is C22H18N2O5. The summed E-state index contributed by atoms with van der Waals surface area (Å²) in [6, 6.07) is 21.5. The lowest BCUT2D eigenvalue weighted by Gasteiger charge is -2.18. The van der Waals surface area contributed by atoms with E-state index in [-0.39, 0.29) is 25.0 Å². The number of nitrogens with one attached hydrogen (secondary N) is 2. The molecular weight excluding hydrogens is 372 g/mol. The number of hydrogen-bond donors (Lipinski definition) is 2. The summed E-state index contributed by atoms with van der Waals surface area (Å²) >= 11 is 0. The van der Waals surface area contributed by atoms with Crippen LogP contribution in [0, 0.1) is 0 Å². The van der Waals surface area contributed by atoms with E-state index in [4.69, 9.17) is 14.2 Å². The quantitative estimate of drug-likeness (QED) is 0.668. The highest BCUT2D eigenvalue weighted by atomic mass is 16.5. The van der Waals surface area contributed by atoms with Crippen LogP contribution in [-0.4, -0.2) is 25.0 Å². The zero-order chi connectivity index (χ0) is 20.1. The van der Waals surface area contributed by atoms with Gasteiger partial charge in [-0.3, -0.25) is 9.59 Å². The minimum Gasteiger partial charge on any atom is -0.484 e. The third-order valence-electron chi connectivity index (χ3n) is 4.07. The summed E-state index contributed by atoms with van der Waals surface area (Å²) in [5, 5.41) is 5.45. The Kier molecular flexibility index (Phi) is 5.29. The molecule has 3 aromatic carbocycles. The van der Waals surface area contributed by atoms with Gasteiger partial charge in [0.25, 0.3) is 11.8 Å². The Morgan fingerprint density at radius 2 is 1.69 bits per heavy atom. The second kappa shape index (κ2) is 8.35. The fourth-order valence-electron chi connectivity index (χ4n) is 2.73. The summed E-state index contributed by atoms with van der Waals surface area (Å²) in [6.45, 7) is -0.180. The molecule has 0 saturated carbocycles. The number of benzene rings is 3. The second-order valence-corrected chi connectivity index (χ2v) is 6.27. The molecule has 0 atom stereocenters. The number of fused-ring (bicyclic) bond motifs is 1. The third-order valence-corrected chi connectivity index (χ3v) is 4.07. The Morgan fingerprint density at radius 1 is 0.966 bits per heavy atom. The van der Waals surface area contributed by atoms with Gasteiger partial charge in [0.15, 0.2) is 13.2 Å². The highest BCUT2D eigenvalue weighted by Crippen LogP contribution is 2.31. The van der Waals surface area contributed by atoms with E-state index in [1.165, 1.54) is 0 Å². The first-order chi connectivity index (χ1) is 14.2. The Bertz CT molecular complexity index is 1020. The molecule has 146 valence electrons. The summed E-state index contributed by atoms with van der Waals surface area (Å²) in [4.78, 5) is 23.5. The van der Waals surface area contributed by atoms with Gasteiger partial charge in [0.1, 0.15) is 23.0 Å². The van der Waals surface area contributed by atoms with Crippen LogP contribution < -0.4 is 24.8 Å². The highest BCUT2D eigenvalue weighted by Gasteiger charge is 2.16. The molecule has 0 unspecified atom stereocenters. The first kappa shape index (κ1) is 18.4. The van der Waals surface area contributed by atoms with E-state index < -0.39 is 0 Å². The number of hydrogen-bond acceptors (Lipinski definition) is 5. The number of rotatable bonds is 6. The summed E-state index contributed by atoms with van der Waals surface area (Å²) in [7, 11) is 0. The van der Waals surface area contributed by atoms with E-state index >= 15 is 0 Å². The van der Waals surface area contributed by atoms with Crippen LogP contribution in [0.1, 0.15) is 0 Å². The van der Waals surface area contributed by atoms with Gasteiger partial charge in [0.2, 0.25) is 0 Å². The van der Waals surface area contributed by atoms with E-state index in [1.807, 2.05) is 30.3 Å². The van der Waals surface area contributed by atoms with Crippen LogP contribution in [0.25, 0.3) is 0 Å². The average molecular weight is 390 g/mol. The van der Waals surface area contributed by atoms with Crippen molar-refractivity contribution in [1.82, 2.24) is 0 Å². The molecule has 2 amide bonds. The predicted octanol–water partition coefficient (Wildman–Crippen LogP) is 3.83. The van der Waals surface area contributed by atoms with Crippen molar-refractivity contribution in [3.8, 4) is 23.0 Å². The fourth-order valence-corrected chi connectivity index (χ4v) is 2.73. The minimum atomic E-state index is -0.306. The SMILES string of the molecule is O=C(COc1ccc2c(c1)NC(=O)CO2)Nc1ccc(Oc2ccccc2)cc1. The van der Waals surface area contributed by atoms with E-state index in [1.54, 1.807) is 42.5 Å². The molecule has 0 radical (unpaired) electrons. The molecule has 4 rings (SSSR count). The van der Waals surface area contributed by atoms with Gasteiger partial charge in [0, 0.05) is 11.8 Å². The molecule has 7 nitrogen and oxygen atoms in total. The van der Waals surface area contributed by atoms with Crippen molar-refractivity contribution >= 4 is 23.2 Å². The van der Waals surface area contributed by atoms with Gasteiger partial charge in [-0.05, 0) is 48.5 Å². The standard InChI is InChI=1S/C22H18N2O5/c25-21(13-27-18-10-11-20-19(12-18)24-22(26)14-28-20)23-15-6-8-17(9-7-15)29-16-4-2-1-3-5-16/h1-12H,13-14H2,(H,23,25)(H,24,26). The normalized spacial score (nSPS) is 12.2. The number of amides is 2. The molecule has 1 aliphatic heterocycles. The number of ether oxygens (including phenoxy) is 3. The maximum absolute atomic E-state index is 12.1. The predicted molar refractivity (Wildman–Crippen MR) is 108 cm³/mol. The molecule has 0 fully saturated rings. The summed E-state index contributed by atoms with van der Waals surface area (Å²) in [6.07, 6.45) is 0. The summed E-state index contributed by atoms with van der Waals surface area (Å²) in [5.74, 6) is 1.90. The van der Waals surface area contributed by atoms with Gasteiger partial charge in [-0.15, -0.1) is 0 Å². The van der Waals surface area contributed by atoms with Crippen molar-refractivity contribution in [2.24, 2.45) is 0 Å². The molecule has 29 heavy (non-hydrogen) atoms. The lowest BCUT2D eigenvalue weighted by molar-refractivity contribution is -0.119. The van der Waals surface area contributed by atoms with Gasteiger partial charge in [-0.25, -0.2) is 0 Å². The first-order valence-corrected chi connectivity index (χ1v) is 8.98. The number of carbonyl (C=O) groups excluding carboxylic acids is 2. The monoisotopic (exact) mass is 390 g/mol. The lowest BCUT2D eigenvalue weighted by atomic mass is 10.2. The Labute approximate surface area is 167 Å².